The number of carbonyl (C=O) groups excluding carboxylic acids is 1. The molecule has 1 aliphatic heterocycles. The van der Waals surface area contributed by atoms with Gasteiger partial charge in [0.05, 0.1) is 17.9 Å². The number of thioether (sulfide) groups is 1. The van der Waals surface area contributed by atoms with E-state index in [1.54, 1.807) is 23.7 Å². The van der Waals surface area contributed by atoms with Crippen LogP contribution in [0.15, 0.2) is 29.3 Å². The number of nitrogens with one attached hydrogen (secondary N) is 1. The monoisotopic (exact) mass is 321 g/mol. The summed E-state index contributed by atoms with van der Waals surface area (Å²) in [7, 11) is 0. The van der Waals surface area contributed by atoms with Gasteiger partial charge in [-0.3, -0.25) is 15.1 Å². The molecule has 2 aromatic rings. The van der Waals surface area contributed by atoms with Gasteiger partial charge < -0.3 is 0 Å². The summed E-state index contributed by atoms with van der Waals surface area (Å²) in [5.74, 6) is 0.595. The van der Waals surface area contributed by atoms with Crippen LogP contribution < -0.4 is 5.32 Å². The summed E-state index contributed by atoms with van der Waals surface area (Å²) in [5.41, 5.74) is 1.70. The number of nitrogens with zero attached hydrogens (tertiary/aromatic N) is 4. The molecule has 2 heterocycles. The van der Waals surface area contributed by atoms with Gasteiger partial charge in [-0.15, -0.1) is 5.10 Å². The number of rotatable bonds is 2. The quantitative estimate of drug-likeness (QED) is 0.919. The van der Waals surface area contributed by atoms with Gasteiger partial charge >= 0.3 is 0 Å². The molecule has 0 aliphatic carbocycles. The molecule has 8 heteroatoms. The van der Waals surface area contributed by atoms with Gasteiger partial charge in [-0.2, -0.15) is 0 Å². The van der Waals surface area contributed by atoms with Crippen LogP contribution in [-0.2, 0) is 0 Å². The molecule has 0 bridgehead atoms. The molecule has 0 fully saturated rings. The molecule has 1 amide bonds. The molecule has 0 atom stereocenters. The van der Waals surface area contributed by atoms with E-state index in [1.165, 1.54) is 11.8 Å². The summed E-state index contributed by atoms with van der Waals surface area (Å²) in [4.78, 5) is 16.4. The van der Waals surface area contributed by atoms with Crippen LogP contribution in [-0.4, -0.2) is 38.4 Å². The average molecular weight is 322 g/mol. The molecule has 6 nitrogen and oxygen atoms in total. The summed E-state index contributed by atoms with van der Waals surface area (Å²) in [5, 5.41) is 12.0. The average Bonchev–Trinajstić information content (AvgIpc) is 3.08. The summed E-state index contributed by atoms with van der Waals surface area (Å²) in [6, 6.07) is 7.22. The number of hydrogen-bond acceptors (Lipinski definition) is 5. The largest absolute Gasteiger partial charge is 0.300 e. The predicted octanol–water partition coefficient (Wildman–Crippen LogP) is 2.06. The van der Waals surface area contributed by atoms with E-state index in [9.17, 15) is 4.79 Å². The Hall–Kier alpha value is -1.86. The van der Waals surface area contributed by atoms with E-state index in [1.807, 2.05) is 12.1 Å². The number of hydrogen-bond donors (Lipinski definition) is 1. The van der Waals surface area contributed by atoms with Crippen LogP contribution in [0.4, 0.5) is 0 Å². The molecule has 1 aromatic heterocycles. The van der Waals surface area contributed by atoms with Crippen LogP contribution in [0, 0.1) is 6.92 Å². The second-order valence-corrected chi connectivity index (χ2v) is 5.92. The van der Waals surface area contributed by atoms with E-state index in [4.69, 9.17) is 11.6 Å². The first-order valence-corrected chi connectivity index (χ1v) is 7.68. The van der Waals surface area contributed by atoms with Crippen LogP contribution in [0.5, 0.6) is 0 Å². The number of aromatic nitrogens is 3. The van der Waals surface area contributed by atoms with E-state index < -0.39 is 0 Å². The number of aliphatic imine (C=N–C) groups is 1. The minimum Gasteiger partial charge on any atom is -0.300 e. The van der Waals surface area contributed by atoms with Crippen molar-refractivity contribution in [3.05, 3.63) is 40.7 Å². The van der Waals surface area contributed by atoms with Crippen molar-refractivity contribution in [1.29, 1.82) is 0 Å². The Morgan fingerprint density at radius 3 is 3.05 bits per heavy atom. The van der Waals surface area contributed by atoms with Gasteiger partial charge in [0.15, 0.2) is 10.9 Å². The van der Waals surface area contributed by atoms with Gasteiger partial charge in [0.25, 0.3) is 5.91 Å². The SMILES string of the molecule is Cc1c(C(=O)NC2=NCCS2)nnn1-c1cccc(Cl)c1. The Kier molecular flexibility index (Phi) is 3.94. The molecule has 1 N–H and O–H groups in total. The second-order valence-electron chi connectivity index (χ2n) is 4.40. The van der Waals surface area contributed by atoms with Crippen molar-refractivity contribution in [3.63, 3.8) is 0 Å². The lowest BCUT2D eigenvalue weighted by Crippen LogP contribution is -2.28. The fourth-order valence-electron chi connectivity index (χ4n) is 1.96. The molecule has 21 heavy (non-hydrogen) atoms. The van der Waals surface area contributed by atoms with Gasteiger partial charge in [-0.05, 0) is 25.1 Å². The Morgan fingerprint density at radius 2 is 2.33 bits per heavy atom. The maximum atomic E-state index is 12.2. The molecule has 108 valence electrons. The molecule has 0 saturated carbocycles. The van der Waals surface area contributed by atoms with Gasteiger partial charge in [0.2, 0.25) is 0 Å². The van der Waals surface area contributed by atoms with Gasteiger partial charge in [0.1, 0.15) is 0 Å². The Bertz CT molecular complexity index is 727. The highest BCUT2D eigenvalue weighted by molar-refractivity contribution is 8.14. The topological polar surface area (TPSA) is 72.2 Å². The highest BCUT2D eigenvalue weighted by Crippen LogP contribution is 2.17. The molecular weight excluding hydrogens is 310 g/mol. The fourth-order valence-corrected chi connectivity index (χ4v) is 2.87. The normalized spacial score (nSPS) is 14.1. The zero-order chi connectivity index (χ0) is 14.8. The number of amidine groups is 1. The molecule has 1 aromatic carbocycles. The fraction of sp³-hybridized carbons (Fsp3) is 0.231. The van der Waals surface area contributed by atoms with Crippen molar-refractivity contribution in [1.82, 2.24) is 20.3 Å². The minimum absolute atomic E-state index is 0.283. The van der Waals surface area contributed by atoms with Gasteiger partial charge in [-0.25, -0.2) is 4.68 Å². The van der Waals surface area contributed by atoms with Crippen LogP contribution in [0.1, 0.15) is 16.2 Å². The third-order valence-electron chi connectivity index (χ3n) is 2.97. The highest BCUT2D eigenvalue weighted by Gasteiger charge is 2.20. The maximum absolute atomic E-state index is 12.2. The molecule has 0 saturated heterocycles. The van der Waals surface area contributed by atoms with E-state index in [-0.39, 0.29) is 11.6 Å². The summed E-state index contributed by atoms with van der Waals surface area (Å²) in [6.07, 6.45) is 0. The standard InChI is InChI=1S/C13H12ClN5OS/c1-8-11(12(20)16-13-15-5-6-21-13)17-18-19(8)10-4-2-3-9(14)7-10/h2-4,7H,5-6H2,1H3,(H,15,16,20). The highest BCUT2D eigenvalue weighted by atomic mass is 35.5. The third kappa shape index (κ3) is 2.93. The van der Waals surface area contributed by atoms with Gasteiger partial charge in [0, 0.05) is 10.8 Å². The molecule has 3 rings (SSSR count). The number of amides is 1. The first kappa shape index (κ1) is 14.1. The lowest BCUT2D eigenvalue weighted by atomic mass is 10.3. The summed E-state index contributed by atoms with van der Waals surface area (Å²) in [6.45, 7) is 2.52. The third-order valence-corrected chi connectivity index (χ3v) is 4.09. The molecule has 0 radical (unpaired) electrons. The van der Waals surface area contributed by atoms with Crippen molar-refractivity contribution >= 4 is 34.4 Å². The van der Waals surface area contributed by atoms with Crippen LogP contribution in [0.2, 0.25) is 5.02 Å². The van der Waals surface area contributed by atoms with E-state index in [0.29, 0.717) is 15.9 Å². The predicted molar refractivity (Wildman–Crippen MR) is 83.3 cm³/mol. The molecular formula is C13H12ClN5OS. The van der Waals surface area contributed by atoms with Crippen LogP contribution in [0.25, 0.3) is 5.69 Å². The Labute approximate surface area is 130 Å². The Balaban J connectivity index is 1.86. The van der Waals surface area contributed by atoms with Crippen molar-refractivity contribution in [2.24, 2.45) is 4.99 Å². The van der Waals surface area contributed by atoms with Crippen LogP contribution >= 0.6 is 23.4 Å². The van der Waals surface area contributed by atoms with Gasteiger partial charge in [-0.1, -0.05) is 34.6 Å². The molecule has 0 spiro atoms. The zero-order valence-corrected chi connectivity index (χ0v) is 12.8. The van der Waals surface area contributed by atoms with Crippen LogP contribution in [0.3, 0.4) is 0 Å². The number of halogens is 1. The molecule has 1 aliphatic rings. The van der Waals surface area contributed by atoms with Crippen molar-refractivity contribution in [2.75, 3.05) is 12.3 Å². The minimum atomic E-state index is -0.297. The second kappa shape index (κ2) is 5.87. The first-order valence-electron chi connectivity index (χ1n) is 6.32. The van der Waals surface area contributed by atoms with Crippen molar-refractivity contribution in [2.45, 2.75) is 6.92 Å². The van der Waals surface area contributed by atoms with Crippen molar-refractivity contribution in [3.8, 4) is 5.69 Å². The summed E-state index contributed by atoms with van der Waals surface area (Å²) < 4.78 is 1.59. The van der Waals surface area contributed by atoms with E-state index in [0.717, 1.165) is 18.0 Å². The number of benzene rings is 1. The molecule has 0 unspecified atom stereocenters. The summed E-state index contributed by atoms with van der Waals surface area (Å²) >= 11 is 7.49. The van der Waals surface area contributed by atoms with E-state index in [2.05, 4.69) is 20.6 Å². The van der Waals surface area contributed by atoms with Crippen molar-refractivity contribution < 1.29 is 4.79 Å². The maximum Gasteiger partial charge on any atom is 0.279 e. The lowest BCUT2D eigenvalue weighted by molar-refractivity contribution is 0.0972. The smallest absolute Gasteiger partial charge is 0.279 e. The first-order chi connectivity index (χ1) is 10.1. The Morgan fingerprint density at radius 1 is 1.48 bits per heavy atom. The van der Waals surface area contributed by atoms with E-state index >= 15 is 0 Å². The zero-order valence-electron chi connectivity index (χ0n) is 11.2. The number of carbonyl (C=O) groups is 1. The lowest BCUT2D eigenvalue weighted by Gasteiger charge is -2.04.